The van der Waals surface area contributed by atoms with E-state index in [9.17, 15) is 0 Å². The second-order valence-corrected chi connectivity index (χ2v) is 5.04. The van der Waals surface area contributed by atoms with Crippen molar-refractivity contribution in [3.8, 4) is 11.4 Å². The minimum Gasteiger partial charge on any atom is -0.300 e. The third kappa shape index (κ3) is 2.18. The van der Waals surface area contributed by atoms with Gasteiger partial charge in [-0.25, -0.2) is 0 Å². The number of hydrogen-bond donors (Lipinski definition) is 1. The Morgan fingerprint density at radius 2 is 2.40 bits per heavy atom. The maximum atomic E-state index is 5.21. The maximum Gasteiger partial charge on any atom is 0.195 e. The number of H-pyrrole nitrogens is 1. The molecule has 0 fully saturated rings. The zero-order chi connectivity index (χ0) is 10.8. The third-order valence-electron chi connectivity index (χ3n) is 2.09. The molecule has 2 aromatic rings. The fourth-order valence-electron chi connectivity index (χ4n) is 1.46. The molecule has 0 radical (unpaired) electrons. The average molecular weight is 239 g/mol. The van der Waals surface area contributed by atoms with Crippen LogP contribution >= 0.6 is 23.6 Å². The summed E-state index contributed by atoms with van der Waals surface area (Å²) in [6.07, 6.45) is 0. The number of nitrogens with zero attached hydrogens (tertiary/aromatic N) is 2. The van der Waals surface area contributed by atoms with E-state index < -0.39 is 0 Å². The van der Waals surface area contributed by atoms with Crippen LogP contribution in [0.2, 0.25) is 0 Å². The second-order valence-electron chi connectivity index (χ2n) is 3.87. The van der Waals surface area contributed by atoms with Crippen LogP contribution in [0.4, 0.5) is 0 Å². The predicted molar refractivity (Wildman–Crippen MR) is 65.6 cm³/mol. The highest BCUT2D eigenvalue weighted by molar-refractivity contribution is 7.71. The Balaban J connectivity index is 2.45. The second kappa shape index (κ2) is 4.28. The first-order chi connectivity index (χ1) is 7.18. The molecule has 0 saturated carbocycles. The van der Waals surface area contributed by atoms with Crippen LogP contribution in [0.5, 0.6) is 0 Å². The fourth-order valence-corrected chi connectivity index (χ4v) is 2.31. The van der Waals surface area contributed by atoms with Gasteiger partial charge in [0.1, 0.15) is 0 Å². The summed E-state index contributed by atoms with van der Waals surface area (Å²) in [5.74, 6) is 1.50. The summed E-state index contributed by atoms with van der Waals surface area (Å²) in [5.41, 5.74) is 1.13. The van der Waals surface area contributed by atoms with Crippen molar-refractivity contribution in [1.82, 2.24) is 14.8 Å². The van der Waals surface area contributed by atoms with Crippen molar-refractivity contribution in [3.63, 3.8) is 0 Å². The molecule has 0 saturated heterocycles. The van der Waals surface area contributed by atoms with Crippen LogP contribution in [0.15, 0.2) is 16.8 Å². The van der Waals surface area contributed by atoms with Gasteiger partial charge in [-0.1, -0.05) is 13.8 Å². The van der Waals surface area contributed by atoms with Crippen molar-refractivity contribution in [2.75, 3.05) is 0 Å². The molecule has 80 valence electrons. The molecule has 0 unspecified atom stereocenters. The largest absolute Gasteiger partial charge is 0.300 e. The summed E-state index contributed by atoms with van der Waals surface area (Å²) < 4.78 is 2.76. The fraction of sp³-hybridized carbons (Fsp3) is 0.400. The number of hydrogen-bond acceptors (Lipinski definition) is 3. The molecule has 0 aromatic carbocycles. The highest BCUT2D eigenvalue weighted by atomic mass is 32.1. The maximum absolute atomic E-state index is 5.21. The van der Waals surface area contributed by atoms with Crippen molar-refractivity contribution in [1.29, 1.82) is 0 Å². The highest BCUT2D eigenvalue weighted by Crippen LogP contribution is 2.20. The van der Waals surface area contributed by atoms with Crippen molar-refractivity contribution < 1.29 is 0 Å². The molecule has 0 atom stereocenters. The van der Waals surface area contributed by atoms with Crippen LogP contribution in [0.1, 0.15) is 13.8 Å². The lowest BCUT2D eigenvalue weighted by atomic mass is 10.2. The molecule has 0 spiro atoms. The molecule has 0 amide bonds. The number of aromatic nitrogens is 3. The molecule has 2 rings (SSSR count). The number of thiophene rings is 1. The molecule has 2 aromatic heterocycles. The summed E-state index contributed by atoms with van der Waals surface area (Å²) >= 11 is 6.88. The Bertz CT molecular complexity index is 479. The van der Waals surface area contributed by atoms with Gasteiger partial charge in [-0.05, 0) is 29.6 Å². The molecular weight excluding hydrogens is 226 g/mol. The highest BCUT2D eigenvalue weighted by Gasteiger charge is 2.09. The van der Waals surface area contributed by atoms with Crippen molar-refractivity contribution in [2.45, 2.75) is 20.4 Å². The van der Waals surface area contributed by atoms with Gasteiger partial charge in [0.25, 0.3) is 0 Å². The van der Waals surface area contributed by atoms with Gasteiger partial charge in [0.15, 0.2) is 10.6 Å². The number of nitrogens with one attached hydrogen (secondary N) is 1. The van der Waals surface area contributed by atoms with Gasteiger partial charge in [0.05, 0.1) is 0 Å². The Morgan fingerprint density at radius 3 is 3.00 bits per heavy atom. The molecule has 5 heteroatoms. The van der Waals surface area contributed by atoms with E-state index in [2.05, 4.69) is 40.1 Å². The molecule has 0 aliphatic heterocycles. The van der Waals surface area contributed by atoms with Gasteiger partial charge >= 0.3 is 0 Å². The van der Waals surface area contributed by atoms with Gasteiger partial charge in [-0.3, -0.25) is 9.67 Å². The van der Waals surface area contributed by atoms with E-state index in [0.29, 0.717) is 10.7 Å². The first kappa shape index (κ1) is 10.6. The Hall–Kier alpha value is -0.940. The zero-order valence-corrected chi connectivity index (χ0v) is 10.4. The van der Waals surface area contributed by atoms with Gasteiger partial charge < -0.3 is 0 Å². The summed E-state index contributed by atoms with van der Waals surface area (Å²) in [5, 5.41) is 11.2. The molecule has 3 nitrogen and oxygen atoms in total. The van der Waals surface area contributed by atoms with E-state index in [1.165, 1.54) is 0 Å². The molecule has 0 aliphatic carbocycles. The van der Waals surface area contributed by atoms with E-state index in [0.717, 1.165) is 17.9 Å². The van der Waals surface area contributed by atoms with Crippen LogP contribution in [0.25, 0.3) is 11.4 Å². The zero-order valence-electron chi connectivity index (χ0n) is 8.73. The third-order valence-corrected chi connectivity index (χ3v) is 3.08. The lowest BCUT2D eigenvalue weighted by molar-refractivity contribution is 0.521. The van der Waals surface area contributed by atoms with Crippen LogP contribution < -0.4 is 0 Å². The van der Waals surface area contributed by atoms with Crippen LogP contribution in [0.3, 0.4) is 0 Å². The normalized spacial score (nSPS) is 11.1. The Kier molecular flexibility index (Phi) is 3.02. The van der Waals surface area contributed by atoms with Crippen molar-refractivity contribution >= 4 is 23.6 Å². The molecule has 1 N–H and O–H groups in total. The van der Waals surface area contributed by atoms with Gasteiger partial charge in [-0.2, -0.15) is 16.4 Å². The molecule has 15 heavy (non-hydrogen) atoms. The van der Waals surface area contributed by atoms with E-state index in [1.54, 1.807) is 11.3 Å². The number of aromatic amines is 1. The minimum absolute atomic E-state index is 0.562. The molecule has 0 bridgehead atoms. The standard InChI is InChI=1S/C10H13N3S2/c1-7(2)5-13-9(11-12-10(13)14)8-3-4-15-6-8/h3-4,6-7H,5H2,1-2H3,(H,12,14). The predicted octanol–water partition coefficient (Wildman–Crippen LogP) is 3.33. The van der Waals surface area contributed by atoms with Gasteiger partial charge in [0, 0.05) is 17.5 Å². The summed E-state index contributed by atoms with van der Waals surface area (Å²) in [7, 11) is 0. The monoisotopic (exact) mass is 239 g/mol. The average Bonchev–Trinajstić information content (AvgIpc) is 2.76. The first-order valence-electron chi connectivity index (χ1n) is 4.86. The summed E-state index contributed by atoms with van der Waals surface area (Å²) in [6, 6.07) is 2.06. The summed E-state index contributed by atoms with van der Waals surface area (Å²) in [4.78, 5) is 0. The first-order valence-corrected chi connectivity index (χ1v) is 6.21. The molecule has 0 aliphatic rings. The topological polar surface area (TPSA) is 33.6 Å². The Labute approximate surface area is 97.8 Å². The number of rotatable bonds is 3. The van der Waals surface area contributed by atoms with Gasteiger partial charge in [-0.15, -0.1) is 0 Å². The Morgan fingerprint density at radius 1 is 1.60 bits per heavy atom. The SMILES string of the molecule is CC(C)Cn1c(-c2ccsc2)n[nH]c1=S. The van der Waals surface area contributed by atoms with E-state index in [1.807, 2.05) is 5.38 Å². The van der Waals surface area contributed by atoms with E-state index in [-0.39, 0.29) is 0 Å². The smallest absolute Gasteiger partial charge is 0.195 e. The van der Waals surface area contributed by atoms with Gasteiger partial charge in [0.2, 0.25) is 0 Å². The molecule has 2 heterocycles. The van der Waals surface area contributed by atoms with Crippen LogP contribution in [-0.2, 0) is 6.54 Å². The lowest BCUT2D eigenvalue weighted by Gasteiger charge is -2.07. The minimum atomic E-state index is 0.562. The lowest BCUT2D eigenvalue weighted by Crippen LogP contribution is -2.06. The molecular formula is C10H13N3S2. The van der Waals surface area contributed by atoms with Crippen molar-refractivity contribution in [2.24, 2.45) is 5.92 Å². The van der Waals surface area contributed by atoms with Crippen LogP contribution in [0, 0.1) is 10.7 Å². The van der Waals surface area contributed by atoms with Crippen LogP contribution in [-0.4, -0.2) is 14.8 Å². The van der Waals surface area contributed by atoms with E-state index in [4.69, 9.17) is 12.2 Å². The van der Waals surface area contributed by atoms with E-state index >= 15 is 0 Å². The van der Waals surface area contributed by atoms with Crippen molar-refractivity contribution in [3.05, 3.63) is 21.6 Å². The summed E-state index contributed by atoms with van der Waals surface area (Å²) in [6.45, 7) is 5.25. The quantitative estimate of drug-likeness (QED) is 0.834.